The van der Waals surface area contributed by atoms with Gasteiger partial charge in [-0.3, -0.25) is 0 Å². The number of benzene rings is 9. The van der Waals surface area contributed by atoms with Crippen molar-refractivity contribution in [1.29, 1.82) is 0 Å². The second-order valence-electron chi connectivity index (χ2n) is 14.8. The van der Waals surface area contributed by atoms with E-state index in [4.69, 9.17) is 15.0 Å². The number of nitrogens with zero attached hydrogens (tertiary/aromatic N) is 4. The summed E-state index contributed by atoms with van der Waals surface area (Å²) in [5.74, 6) is 1.87. The Morgan fingerprint density at radius 1 is 0.254 bits per heavy atom. The molecule has 0 unspecified atom stereocenters. The van der Waals surface area contributed by atoms with Crippen molar-refractivity contribution in [3.8, 4) is 73.2 Å². The van der Waals surface area contributed by atoms with Gasteiger partial charge in [-0.25, -0.2) is 15.0 Å². The predicted molar refractivity (Wildman–Crippen MR) is 244 cm³/mol. The molecule has 4 nitrogen and oxygen atoms in total. The van der Waals surface area contributed by atoms with Crippen molar-refractivity contribution in [2.45, 2.75) is 0 Å². The molecule has 11 aromatic rings. The maximum Gasteiger partial charge on any atom is 0.164 e. The van der Waals surface area contributed by atoms with Crippen LogP contribution in [0.2, 0.25) is 0 Å². The number of para-hydroxylation sites is 3. The van der Waals surface area contributed by atoms with Crippen molar-refractivity contribution in [2.75, 3.05) is 0 Å². The summed E-state index contributed by atoms with van der Waals surface area (Å²) in [4.78, 5) is 15.7. The molecule has 0 aliphatic heterocycles. The lowest BCUT2D eigenvalue weighted by Crippen LogP contribution is -2.01. The van der Waals surface area contributed by atoms with Crippen molar-refractivity contribution in [1.82, 2.24) is 19.5 Å². The van der Waals surface area contributed by atoms with E-state index in [-0.39, 0.29) is 0 Å². The first-order valence-electron chi connectivity index (χ1n) is 19.9. The van der Waals surface area contributed by atoms with Gasteiger partial charge in [0.1, 0.15) is 0 Å². The fourth-order valence-corrected chi connectivity index (χ4v) is 8.50. The van der Waals surface area contributed by atoms with Crippen molar-refractivity contribution in [2.24, 2.45) is 0 Å². The minimum Gasteiger partial charge on any atom is -0.309 e. The van der Waals surface area contributed by atoms with E-state index in [1.807, 2.05) is 12.1 Å². The molecule has 0 fully saturated rings. The Hall–Kier alpha value is -7.95. The first-order chi connectivity index (χ1) is 29.3. The maximum absolute atomic E-state index is 5.27. The first-order valence-corrected chi connectivity index (χ1v) is 19.9. The van der Waals surface area contributed by atoms with E-state index < -0.39 is 0 Å². The molecule has 276 valence electrons. The van der Waals surface area contributed by atoms with Crippen LogP contribution in [0.4, 0.5) is 0 Å². The minimum absolute atomic E-state index is 0.623. The summed E-state index contributed by atoms with van der Waals surface area (Å²) in [6, 6.07) is 76.9. The van der Waals surface area contributed by atoms with E-state index in [1.54, 1.807) is 0 Å². The molecule has 0 atom stereocenters. The Kier molecular flexibility index (Phi) is 8.45. The zero-order valence-electron chi connectivity index (χ0n) is 32.1. The van der Waals surface area contributed by atoms with Crippen LogP contribution in [-0.4, -0.2) is 19.5 Å². The van der Waals surface area contributed by atoms with Crippen LogP contribution in [0, 0.1) is 0 Å². The molecule has 11 rings (SSSR count). The Morgan fingerprint density at radius 3 is 1.24 bits per heavy atom. The third-order valence-electron chi connectivity index (χ3n) is 11.3. The molecular formula is C55H36N4. The first kappa shape index (κ1) is 34.3. The van der Waals surface area contributed by atoms with Gasteiger partial charge in [-0.15, -0.1) is 0 Å². The number of rotatable bonds is 7. The van der Waals surface area contributed by atoms with Gasteiger partial charge in [0.25, 0.3) is 0 Å². The topological polar surface area (TPSA) is 43.6 Å². The van der Waals surface area contributed by atoms with Crippen LogP contribution in [0.1, 0.15) is 0 Å². The van der Waals surface area contributed by atoms with E-state index >= 15 is 0 Å². The monoisotopic (exact) mass is 752 g/mol. The van der Waals surface area contributed by atoms with Crippen molar-refractivity contribution < 1.29 is 0 Å². The Balaban J connectivity index is 1.11. The number of hydrogen-bond acceptors (Lipinski definition) is 3. The molecule has 0 saturated carbocycles. The molecule has 0 radical (unpaired) electrons. The molecule has 4 heteroatoms. The molecule has 0 saturated heterocycles. The predicted octanol–water partition coefficient (Wildman–Crippen LogP) is 14.1. The quantitative estimate of drug-likeness (QED) is 0.163. The molecule has 0 amide bonds. The highest BCUT2D eigenvalue weighted by Gasteiger charge is 2.20. The SMILES string of the molecule is c1ccc(-c2cccc(-c3nc(-c4cccc(-c5ccccc5)c4)nc(-c4ccc(-c5ccccc5-n5c6ccccc6c6ccccc65)c5ccccc45)n3)c2)cc1. The van der Waals surface area contributed by atoms with Crippen LogP contribution in [0.3, 0.4) is 0 Å². The average Bonchev–Trinajstić information content (AvgIpc) is 3.66. The molecule has 0 aliphatic carbocycles. The van der Waals surface area contributed by atoms with Crippen LogP contribution < -0.4 is 0 Å². The van der Waals surface area contributed by atoms with Crippen LogP contribution in [0.15, 0.2) is 218 Å². The largest absolute Gasteiger partial charge is 0.309 e. The molecule has 9 aromatic carbocycles. The van der Waals surface area contributed by atoms with Gasteiger partial charge < -0.3 is 4.57 Å². The normalized spacial score (nSPS) is 11.4. The Labute approximate surface area is 342 Å². The van der Waals surface area contributed by atoms with Gasteiger partial charge in [0, 0.05) is 33.0 Å². The van der Waals surface area contributed by atoms with Gasteiger partial charge in [0.15, 0.2) is 17.5 Å². The standard InChI is InChI=1S/C55H36N4/c1-3-17-37(18-4-1)39-21-15-23-41(35-39)53-56-54(42-24-16-22-40(36-42)38-19-5-2-6-20-38)58-55(57-53)49-34-33-45(43-25-7-8-26-44(43)49)46-27-9-12-30-50(46)59-51-31-13-10-28-47(51)48-29-11-14-32-52(48)59/h1-36H. The summed E-state index contributed by atoms with van der Waals surface area (Å²) in [6.07, 6.45) is 0. The summed E-state index contributed by atoms with van der Waals surface area (Å²) in [5, 5.41) is 4.67. The van der Waals surface area contributed by atoms with Gasteiger partial charge in [-0.1, -0.05) is 182 Å². The lowest BCUT2D eigenvalue weighted by Gasteiger charge is -2.17. The molecule has 2 heterocycles. The smallest absolute Gasteiger partial charge is 0.164 e. The second kappa shape index (κ2) is 14.5. The van der Waals surface area contributed by atoms with Crippen LogP contribution in [0.25, 0.3) is 106 Å². The van der Waals surface area contributed by atoms with Gasteiger partial charge in [0.2, 0.25) is 0 Å². The lowest BCUT2D eigenvalue weighted by molar-refractivity contribution is 1.08. The minimum atomic E-state index is 0.623. The highest BCUT2D eigenvalue weighted by atomic mass is 15.0. The van der Waals surface area contributed by atoms with Crippen LogP contribution in [-0.2, 0) is 0 Å². The second-order valence-corrected chi connectivity index (χ2v) is 14.8. The molecule has 0 N–H and O–H groups in total. The third kappa shape index (κ3) is 6.15. The fraction of sp³-hybridized carbons (Fsp3) is 0. The molecular weight excluding hydrogens is 717 g/mol. The lowest BCUT2D eigenvalue weighted by atomic mass is 9.93. The molecule has 0 aliphatic rings. The van der Waals surface area contributed by atoms with Crippen molar-refractivity contribution >= 4 is 32.6 Å². The molecule has 0 spiro atoms. The summed E-state index contributed by atoms with van der Waals surface area (Å²) in [5.41, 5.74) is 13.1. The summed E-state index contributed by atoms with van der Waals surface area (Å²) < 4.78 is 2.40. The van der Waals surface area contributed by atoms with E-state index in [0.717, 1.165) is 66.5 Å². The molecule has 2 aromatic heterocycles. The van der Waals surface area contributed by atoms with E-state index in [9.17, 15) is 0 Å². The summed E-state index contributed by atoms with van der Waals surface area (Å²) >= 11 is 0. The fourth-order valence-electron chi connectivity index (χ4n) is 8.50. The van der Waals surface area contributed by atoms with E-state index in [1.165, 1.54) is 21.8 Å². The van der Waals surface area contributed by atoms with Crippen LogP contribution >= 0.6 is 0 Å². The zero-order valence-corrected chi connectivity index (χ0v) is 32.1. The highest BCUT2D eigenvalue weighted by Crippen LogP contribution is 2.41. The van der Waals surface area contributed by atoms with Gasteiger partial charge >= 0.3 is 0 Å². The van der Waals surface area contributed by atoms with Crippen molar-refractivity contribution in [3.63, 3.8) is 0 Å². The van der Waals surface area contributed by atoms with Gasteiger partial charge in [-0.05, 0) is 75.0 Å². The molecule has 0 bridgehead atoms. The third-order valence-corrected chi connectivity index (χ3v) is 11.3. The Morgan fingerprint density at radius 2 is 0.661 bits per heavy atom. The van der Waals surface area contributed by atoms with Crippen LogP contribution in [0.5, 0.6) is 0 Å². The van der Waals surface area contributed by atoms with E-state index in [2.05, 4.69) is 211 Å². The maximum atomic E-state index is 5.27. The van der Waals surface area contributed by atoms with Gasteiger partial charge in [0.05, 0.1) is 16.7 Å². The number of hydrogen-bond donors (Lipinski definition) is 0. The zero-order chi connectivity index (χ0) is 39.1. The number of aromatic nitrogens is 4. The summed E-state index contributed by atoms with van der Waals surface area (Å²) in [7, 11) is 0. The van der Waals surface area contributed by atoms with Gasteiger partial charge in [-0.2, -0.15) is 0 Å². The Bertz CT molecular complexity index is 3180. The molecule has 59 heavy (non-hydrogen) atoms. The average molecular weight is 753 g/mol. The summed E-state index contributed by atoms with van der Waals surface area (Å²) in [6.45, 7) is 0. The van der Waals surface area contributed by atoms with Crippen molar-refractivity contribution in [3.05, 3.63) is 218 Å². The van der Waals surface area contributed by atoms with E-state index in [0.29, 0.717) is 17.5 Å². The highest BCUT2D eigenvalue weighted by molar-refractivity contribution is 6.11. The number of fused-ring (bicyclic) bond motifs is 4.